The normalized spacial score (nSPS) is 19.0. The SMILES string of the molecule is Cc1cc2c(o1)CC(C)(C)CC2NC(=O)NCc1cccnc1. The standard InChI is InChI=1S/C18H23N3O2/c1-12-7-14-15(8-18(2,3)9-16(14)23-12)21-17(22)20-11-13-5-4-6-19-10-13/h4-7,10,15H,8-9,11H2,1-3H3,(H2,20,21,22). The summed E-state index contributed by atoms with van der Waals surface area (Å²) in [6.07, 6.45) is 5.28. The summed E-state index contributed by atoms with van der Waals surface area (Å²) in [4.78, 5) is 16.3. The molecule has 1 aliphatic carbocycles. The lowest BCUT2D eigenvalue weighted by Gasteiger charge is -2.34. The molecular weight excluding hydrogens is 290 g/mol. The number of furan rings is 1. The van der Waals surface area contributed by atoms with Crippen LogP contribution in [0.25, 0.3) is 0 Å². The number of hydrogen-bond acceptors (Lipinski definition) is 3. The first-order chi connectivity index (χ1) is 10.9. The minimum atomic E-state index is -0.165. The highest BCUT2D eigenvalue weighted by molar-refractivity contribution is 5.74. The van der Waals surface area contributed by atoms with Gasteiger partial charge in [0.1, 0.15) is 11.5 Å². The van der Waals surface area contributed by atoms with Gasteiger partial charge in [0.15, 0.2) is 0 Å². The third kappa shape index (κ3) is 3.73. The lowest BCUT2D eigenvalue weighted by atomic mass is 9.75. The van der Waals surface area contributed by atoms with Gasteiger partial charge in [-0.3, -0.25) is 4.98 Å². The summed E-state index contributed by atoms with van der Waals surface area (Å²) in [5.74, 6) is 1.89. The van der Waals surface area contributed by atoms with Crippen LogP contribution in [0.3, 0.4) is 0 Å². The number of nitrogens with zero attached hydrogens (tertiary/aromatic N) is 1. The highest BCUT2D eigenvalue weighted by atomic mass is 16.3. The maximum atomic E-state index is 12.2. The summed E-state index contributed by atoms with van der Waals surface area (Å²) in [5, 5.41) is 5.97. The van der Waals surface area contributed by atoms with Gasteiger partial charge < -0.3 is 15.1 Å². The molecule has 5 nitrogen and oxygen atoms in total. The van der Waals surface area contributed by atoms with E-state index in [1.807, 2.05) is 25.1 Å². The van der Waals surface area contributed by atoms with Gasteiger partial charge in [0.05, 0.1) is 6.04 Å². The van der Waals surface area contributed by atoms with E-state index in [1.54, 1.807) is 12.4 Å². The van der Waals surface area contributed by atoms with Crippen LogP contribution in [0.2, 0.25) is 0 Å². The van der Waals surface area contributed by atoms with E-state index in [0.717, 1.165) is 35.5 Å². The number of hydrogen-bond donors (Lipinski definition) is 2. The van der Waals surface area contributed by atoms with Crippen molar-refractivity contribution >= 4 is 6.03 Å². The molecule has 0 aromatic carbocycles. The fraction of sp³-hybridized carbons (Fsp3) is 0.444. The van der Waals surface area contributed by atoms with Gasteiger partial charge in [-0.05, 0) is 36.5 Å². The first-order valence-corrected chi connectivity index (χ1v) is 7.95. The summed E-state index contributed by atoms with van der Waals surface area (Å²) in [6.45, 7) is 6.82. The third-order valence-corrected chi connectivity index (χ3v) is 4.22. The number of amides is 2. The van der Waals surface area contributed by atoms with E-state index < -0.39 is 0 Å². The Hall–Kier alpha value is -2.30. The molecule has 2 amide bonds. The number of nitrogens with one attached hydrogen (secondary N) is 2. The van der Waals surface area contributed by atoms with E-state index in [0.29, 0.717) is 6.54 Å². The van der Waals surface area contributed by atoms with E-state index in [2.05, 4.69) is 29.5 Å². The second-order valence-electron chi connectivity index (χ2n) is 7.02. The zero-order valence-electron chi connectivity index (χ0n) is 13.8. The van der Waals surface area contributed by atoms with Crippen LogP contribution < -0.4 is 10.6 Å². The Morgan fingerprint density at radius 2 is 2.30 bits per heavy atom. The molecule has 0 saturated heterocycles. The fourth-order valence-electron chi connectivity index (χ4n) is 3.21. The second kappa shape index (κ2) is 6.07. The number of fused-ring (bicyclic) bond motifs is 1. The highest BCUT2D eigenvalue weighted by Crippen LogP contribution is 2.41. The number of carbonyl (C=O) groups excluding carboxylic acids is 1. The summed E-state index contributed by atoms with van der Waals surface area (Å²) >= 11 is 0. The van der Waals surface area contributed by atoms with Crippen molar-refractivity contribution in [1.29, 1.82) is 0 Å². The zero-order valence-corrected chi connectivity index (χ0v) is 13.8. The molecule has 3 rings (SSSR count). The Bertz CT molecular complexity index is 692. The topological polar surface area (TPSA) is 67.2 Å². The number of urea groups is 1. The monoisotopic (exact) mass is 313 g/mol. The Morgan fingerprint density at radius 1 is 1.48 bits per heavy atom. The molecule has 2 heterocycles. The van der Waals surface area contributed by atoms with E-state index in [9.17, 15) is 4.79 Å². The van der Waals surface area contributed by atoms with Crippen molar-refractivity contribution in [2.45, 2.75) is 46.2 Å². The number of carbonyl (C=O) groups is 1. The summed E-state index contributed by atoms with van der Waals surface area (Å²) in [7, 11) is 0. The van der Waals surface area contributed by atoms with Crippen molar-refractivity contribution < 1.29 is 9.21 Å². The van der Waals surface area contributed by atoms with Crippen molar-refractivity contribution in [3.63, 3.8) is 0 Å². The molecule has 122 valence electrons. The van der Waals surface area contributed by atoms with Crippen LogP contribution >= 0.6 is 0 Å². The quantitative estimate of drug-likeness (QED) is 0.911. The second-order valence-corrected chi connectivity index (χ2v) is 7.02. The molecule has 2 aromatic heterocycles. The van der Waals surface area contributed by atoms with Crippen molar-refractivity contribution in [1.82, 2.24) is 15.6 Å². The minimum Gasteiger partial charge on any atom is -0.466 e. The molecule has 1 unspecified atom stereocenters. The summed E-state index contributed by atoms with van der Waals surface area (Å²) in [5.41, 5.74) is 2.20. The van der Waals surface area contributed by atoms with Crippen LogP contribution in [0.4, 0.5) is 4.79 Å². The smallest absolute Gasteiger partial charge is 0.315 e. The number of pyridine rings is 1. The van der Waals surface area contributed by atoms with Gasteiger partial charge in [0.2, 0.25) is 0 Å². The number of rotatable bonds is 3. The van der Waals surface area contributed by atoms with Crippen molar-refractivity contribution in [2.24, 2.45) is 5.41 Å². The highest BCUT2D eigenvalue weighted by Gasteiger charge is 2.35. The lowest BCUT2D eigenvalue weighted by Crippen LogP contribution is -2.41. The van der Waals surface area contributed by atoms with E-state index >= 15 is 0 Å². The largest absolute Gasteiger partial charge is 0.466 e. The molecule has 1 atom stereocenters. The zero-order chi connectivity index (χ0) is 16.4. The van der Waals surface area contributed by atoms with Crippen LogP contribution in [0.5, 0.6) is 0 Å². The number of aryl methyl sites for hydroxylation is 1. The molecule has 1 aliphatic rings. The van der Waals surface area contributed by atoms with Crippen LogP contribution in [0, 0.1) is 12.3 Å². The summed E-state index contributed by atoms with van der Waals surface area (Å²) < 4.78 is 5.80. The third-order valence-electron chi connectivity index (χ3n) is 4.22. The van der Waals surface area contributed by atoms with Crippen molar-refractivity contribution in [3.8, 4) is 0 Å². The van der Waals surface area contributed by atoms with Gasteiger partial charge in [-0.25, -0.2) is 4.79 Å². The van der Waals surface area contributed by atoms with Gasteiger partial charge in [-0.2, -0.15) is 0 Å². The molecule has 23 heavy (non-hydrogen) atoms. The molecular formula is C18H23N3O2. The van der Waals surface area contributed by atoms with Crippen LogP contribution in [0.1, 0.15) is 49.0 Å². The van der Waals surface area contributed by atoms with Gasteiger partial charge in [0, 0.05) is 30.9 Å². The average Bonchev–Trinajstić information content (AvgIpc) is 2.85. The van der Waals surface area contributed by atoms with Gasteiger partial charge >= 0.3 is 6.03 Å². The Morgan fingerprint density at radius 3 is 3.04 bits per heavy atom. The predicted octanol–water partition coefficient (Wildman–Crippen LogP) is 3.50. The molecule has 2 N–H and O–H groups in total. The van der Waals surface area contributed by atoms with E-state index in [-0.39, 0.29) is 17.5 Å². The van der Waals surface area contributed by atoms with Gasteiger partial charge in [-0.15, -0.1) is 0 Å². The molecule has 0 saturated carbocycles. The molecule has 2 aromatic rings. The number of aromatic nitrogens is 1. The summed E-state index contributed by atoms with van der Waals surface area (Å²) in [6, 6.07) is 5.66. The molecule has 5 heteroatoms. The Labute approximate surface area is 136 Å². The molecule has 0 bridgehead atoms. The van der Waals surface area contributed by atoms with Crippen molar-refractivity contribution in [3.05, 3.63) is 53.2 Å². The fourth-order valence-corrected chi connectivity index (χ4v) is 3.21. The first kappa shape index (κ1) is 15.6. The van der Waals surface area contributed by atoms with Crippen molar-refractivity contribution in [2.75, 3.05) is 0 Å². The molecule has 0 fully saturated rings. The average molecular weight is 313 g/mol. The first-order valence-electron chi connectivity index (χ1n) is 7.95. The maximum absolute atomic E-state index is 12.2. The molecule has 0 radical (unpaired) electrons. The van der Waals surface area contributed by atoms with E-state index in [1.165, 1.54) is 0 Å². The van der Waals surface area contributed by atoms with Gasteiger partial charge in [0.25, 0.3) is 0 Å². The molecule has 0 aliphatic heterocycles. The maximum Gasteiger partial charge on any atom is 0.315 e. The van der Waals surface area contributed by atoms with E-state index in [4.69, 9.17) is 4.42 Å². The molecule has 0 spiro atoms. The van der Waals surface area contributed by atoms with Crippen LogP contribution in [-0.4, -0.2) is 11.0 Å². The minimum absolute atomic E-state index is 0.0138. The Balaban J connectivity index is 1.66. The van der Waals surface area contributed by atoms with Gasteiger partial charge in [-0.1, -0.05) is 19.9 Å². The van der Waals surface area contributed by atoms with Crippen LogP contribution in [-0.2, 0) is 13.0 Å². The van der Waals surface area contributed by atoms with Crippen LogP contribution in [0.15, 0.2) is 35.0 Å². The lowest BCUT2D eigenvalue weighted by molar-refractivity contribution is 0.214. The predicted molar refractivity (Wildman–Crippen MR) is 87.9 cm³/mol. The Kier molecular flexibility index (Phi) is 4.11.